The second-order valence-electron chi connectivity index (χ2n) is 4.63. The molecule has 2 rings (SSSR count). The molecule has 2 aromatic rings. The Bertz CT molecular complexity index is 548. The van der Waals surface area contributed by atoms with Crippen LogP contribution in [0.15, 0.2) is 24.4 Å². The number of phenols is 2. The van der Waals surface area contributed by atoms with Gasteiger partial charge in [0.25, 0.3) is 0 Å². The minimum Gasteiger partial charge on any atom is -0.507 e. The van der Waals surface area contributed by atoms with Crippen LogP contribution in [0.4, 0.5) is 0 Å². The molecule has 4 nitrogen and oxygen atoms in total. The fourth-order valence-electron chi connectivity index (χ4n) is 2.09. The van der Waals surface area contributed by atoms with Crippen LogP contribution in [-0.4, -0.2) is 15.2 Å². The van der Waals surface area contributed by atoms with E-state index in [1.54, 1.807) is 29.5 Å². The van der Waals surface area contributed by atoms with Gasteiger partial charge in [-0.25, -0.2) is 4.98 Å². The van der Waals surface area contributed by atoms with Crippen LogP contribution >= 0.6 is 11.3 Å². The zero-order valence-corrected chi connectivity index (χ0v) is 12.0. The van der Waals surface area contributed by atoms with E-state index in [0.29, 0.717) is 5.56 Å². The SMILES string of the molecule is Cc1cnc(C(C)NC(C)c2c(O)cccc2O)s1. The van der Waals surface area contributed by atoms with E-state index in [0.717, 1.165) is 5.01 Å². The quantitative estimate of drug-likeness (QED) is 0.803. The van der Waals surface area contributed by atoms with Crippen molar-refractivity contribution in [2.24, 2.45) is 0 Å². The number of thiazole rings is 1. The van der Waals surface area contributed by atoms with Gasteiger partial charge in [-0.15, -0.1) is 11.3 Å². The third kappa shape index (κ3) is 3.05. The van der Waals surface area contributed by atoms with Crippen LogP contribution in [0.1, 0.15) is 41.4 Å². The minimum absolute atomic E-state index is 0.0627. The van der Waals surface area contributed by atoms with E-state index in [1.807, 2.05) is 27.0 Å². The van der Waals surface area contributed by atoms with E-state index >= 15 is 0 Å². The fraction of sp³-hybridized carbons (Fsp3) is 0.357. The van der Waals surface area contributed by atoms with E-state index in [9.17, 15) is 10.2 Å². The molecule has 0 saturated carbocycles. The maximum Gasteiger partial charge on any atom is 0.124 e. The zero-order chi connectivity index (χ0) is 14.0. The van der Waals surface area contributed by atoms with E-state index in [4.69, 9.17) is 0 Å². The van der Waals surface area contributed by atoms with Crippen molar-refractivity contribution in [1.29, 1.82) is 0 Å². The van der Waals surface area contributed by atoms with Crippen molar-refractivity contribution in [2.45, 2.75) is 32.9 Å². The van der Waals surface area contributed by atoms with Gasteiger partial charge >= 0.3 is 0 Å². The summed E-state index contributed by atoms with van der Waals surface area (Å²) in [6.45, 7) is 5.95. The highest BCUT2D eigenvalue weighted by atomic mass is 32.1. The highest BCUT2D eigenvalue weighted by molar-refractivity contribution is 7.11. The summed E-state index contributed by atoms with van der Waals surface area (Å²) >= 11 is 1.64. The Morgan fingerprint density at radius 1 is 1.16 bits per heavy atom. The monoisotopic (exact) mass is 278 g/mol. The van der Waals surface area contributed by atoms with Crippen molar-refractivity contribution >= 4 is 11.3 Å². The van der Waals surface area contributed by atoms with Crippen molar-refractivity contribution in [3.63, 3.8) is 0 Å². The molecule has 19 heavy (non-hydrogen) atoms. The van der Waals surface area contributed by atoms with Crippen molar-refractivity contribution in [3.8, 4) is 11.5 Å². The topological polar surface area (TPSA) is 65.4 Å². The van der Waals surface area contributed by atoms with Crippen LogP contribution in [0.5, 0.6) is 11.5 Å². The second kappa shape index (κ2) is 5.59. The number of hydrogen-bond acceptors (Lipinski definition) is 5. The lowest BCUT2D eigenvalue weighted by Gasteiger charge is -2.20. The van der Waals surface area contributed by atoms with Crippen LogP contribution in [0.25, 0.3) is 0 Å². The maximum atomic E-state index is 9.84. The molecule has 0 saturated heterocycles. The summed E-state index contributed by atoms with van der Waals surface area (Å²) in [6, 6.07) is 4.67. The third-order valence-corrected chi connectivity index (χ3v) is 4.10. The summed E-state index contributed by atoms with van der Waals surface area (Å²) in [5.74, 6) is 0.199. The number of aryl methyl sites for hydroxylation is 1. The summed E-state index contributed by atoms with van der Waals surface area (Å²) in [6.07, 6.45) is 1.85. The summed E-state index contributed by atoms with van der Waals surface area (Å²) in [5.41, 5.74) is 0.516. The number of hydrogen-bond donors (Lipinski definition) is 3. The first-order valence-electron chi connectivity index (χ1n) is 6.18. The Hall–Kier alpha value is -1.59. The molecule has 0 aliphatic carbocycles. The summed E-state index contributed by atoms with van der Waals surface area (Å²) in [5, 5.41) is 24.0. The lowest BCUT2D eigenvalue weighted by atomic mass is 10.1. The lowest BCUT2D eigenvalue weighted by Crippen LogP contribution is -2.22. The fourth-order valence-corrected chi connectivity index (χ4v) is 2.87. The van der Waals surface area contributed by atoms with Gasteiger partial charge in [0, 0.05) is 17.1 Å². The molecule has 0 spiro atoms. The molecule has 3 N–H and O–H groups in total. The molecule has 2 unspecified atom stereocenters. The van der Waals surface area contributed by atoms with Crippen LogP contribution < -0.4 is 5.32 Å². The molecule has 0 fully saturated rings. The first-order chi connectivity index (χ1) is 8.99. The van der Waals surface area contributed by atoms with Gasteiger partial charge in [-0.3, -0.25) is 0 Å². The lowest BCUT2D eigenvalue weighted by molar-refractivity contribution is 0.407. The highest BCUT2D eigenvalue weighted by Crippen LogP contribution is 2.33. The molecule has 102 valence electrons. The molecule has 1 aromatic heterocycles. The molecule has 1 aromatic carbocycles. The summed E-state index contributed by atoms with van der Waals surface area (Å²) in [7, 11) is 0. The largest absolute Gasteiger partial charge is 0.507 e. The molecule has 0 amide bonds. The van der Waals surface area contributed by atoms with Gasteiger partial charge < -0.3 is 15.5 Å². The predicted octanol–water partition coefficient (Wildman–Crippen LogP) is 3.27. The van der Waals surface area contributed by atoms with Crippen LogP contribution in [0, 0.1) is 6.92 Å². The van der Waals surface area contributed by atoms with Crippen LogP contribution in [-0.2, 0) is 0 Å². The zero-order valence-electron chi connectivity index (χ0n) is 11.2. The van der Waals surface area contributed by atoms with Gasteiger partial charge in [-0.1, -0.05) is 6.07 Å². The summed E-state index contributed by atoms with van der Waals surface area (Å²) in [4.78, 5) is 5.51. The Morgan fingerprint density at radius 3 is 2.32 bits per heavy atom. The van der Waals surface area contributed by atoms with Gasteiger partial charge in [0.1, 0.15) is 16.5 Å². The number of nitrogens with zero attached hydrogens (tertiary/aromatic N) is 1. The number of rotatable bonds is 4. The molecule has 1 heterocycles. The van der Waals surface area contributed by atoms with E-state index in [2.05, 4.69) is 10.3 Å². The van der Waals surface area contributed by atoms with Gasteiger partial charge in [0.2, 0.25) is 0 Å². The Labute approximate surface area is 116 Å². The molecule has 2 atom stereocenters. The molecular formula is C14H18N2O2S. The third-order valence-electron chi connectivity index (χ3n) is 3.00. The maximum absolute atomic E-state index is 9.84. The molecule has 0 aliphatic heterocycles. The highest BCUT2D eigenvalue weighted by Gasteiger charge is 2.18. The molecule has 0 bridgehead atoms. The number of aromatic nitrogens is 1. The predicted molar refractivity (Wildman–Crippen MR) is 76.6 cm³/mol. The number of aromatic hydroxyl groups is 2. The number of phenolic OH excluding ortho intramolecular Hbond substituents is 2. The van der Waals surface area contributed by atoms with Gasteiger partial charge in [0.05, 0.1) is 11.6 Å². The first-order valence-corrected chi connectivity index (χ1v) is 7.00. The van der Waals surface area contributed by atoms with Gasteiger partial charge in [0.15, 0.2) is 0 Å². The Morgan fingerprint density at radius 2 is 1.79 bits per heavy atom. The second-order valence-corrected chi connectivity index (χ2v) is 5.90. The number of nitrogens with one attached hydrogen (secondary N) is 1. The Balaban J connectivity index is 2.15. The van der Waals surface area contributed by atoms with E-state index in [-0.39, 0.29) is 23.6 Å². The molecule has 0 radical (unpaired) electrons. The van der Waals surface area contributed by atoms with E-state index < -0.39 is 0 Å². The van der Waals surface area contributed by atoms with Gasteiger partial charge in [-0.05, 0) is 32.9 Å². The average molecular weight is 278 g/mol. The number of benzene rings is 1. The van der Waals surface area contributed by atoms with Crippen molar-refractivity contribution in [3.05, 3.63) is 39.8 Å². The summed E-state index contributed by atoms with van der Waals surface area (Å²) < 4.78 is 0. The van der Waals surface area contributed by atoms with E-state index in [1.165, 1.54) is 4.88 Å². The Kier molecular flexibility index (Phi) is 4.07. The van der Waals surface area contributed by atoms with Gasteiger partial charge in [-0.2, -0.15) is 0 Å². The molecule has 5 heteroatoms. The first kappa shape index (κ1) is 13.8. The molecule has 0 aliphatic rings. The normalized spacial score (nSPS) is 14.3. The molecular weight excluding hydrogens is 260 g/mol. The van der Waals surface area contributed by atoms with Crippen molar-refractivity contribution in [1.82, 2.24) is 10.3 Å². The van der Waals surface area contributed by atoms with Crippen molar-refractivity contribution in [2.75, 3.05) is 0 Å². The van der Waals surface area contributed by atoms with Crippen molar-refractivity contribution < 1.29 is 10.2 Å². The average Bonchev–Trinajstić information content (AvgIpc) is 2.75. The standard InChI is InChI=1S/C14H18N2O2S/c1-8-7-15-14(19-8)10(3)16-9(2)13-11(17)5-4-6-12(13)18/h4-7,9-10,16-18H,1-3H3. The smallest absolute Gasteiger partial charge is 0.124 e. The minimum atomic E-state index is -0.166. The van der Waals surface area contributed by atoms with Crippen LogP contribution in [0.3, 0.4) is 0 Å². The van der Waals surface area contributed by atoms with Crippen LogP contribution in [0.2, 0.25) is 0 Å².